The van der Waals surface area contributed by atoms with Crippen molar-refractivity contribution < 1.29 is 23.8 Å². The van der Waals surface area contributed by atoms with Crippen LogP contribution in [0.3, 0.4) is 0 Å². The third-order valence-corrected chi connectivity index (χ3v) is 5.54. The lowest BCUT2D eigenvalue weighted by molar-refractivity contribution is 0.0712. The molecule has 1 heterocycles. The number of rotatable bonds is 6. The van der Waals surface area contributed by atoms with E-state index in [9.17, 15) is 9.59 Å². The number of hydrogen-bond acceptors (Lipinski definition) is 5. The first-order chi connectivity index (χ1) is 14.5. The van der Waals surface area contributed by atoms with Gasteiger partial charge in [0.05, 0.1) is 21.3 Å². The van der Waals surface area contributed by atoms with Crippen LogP contribution in [0.5, 0.6) is 17.2 Å². The molecule has 0 radical (unpaired) electrons. The van der Waals surface area contributed by atoms with Crippen molar-refractivity contribution >= 4 is 11.8 Å². The van der Waals surface area contributed by atoms with Gasteiger partial charge in [0, 0.05) is 49.0 Å². The molecule has 1 fully saturated rings. The summed E-state index contributed by atoms with van der Waals surface area (Å²) in [5, 5.41) is 2.58. The first-order valence-electron chi connectivity index (χ1n) is 9.93. The van der Waals surface area contributed by atoms with Gasteiger partial charge in [-0.05, 0) is 37.0 Å². The minimum atomic E-state index is -0.206. The summed E-state index contributed by atoms with van der Waals surface area (Å²) >= 11 is 0. The Labute approximate surface area is 176 Å². The van der Waals surface area contributed by atoms with Crippen molar-refractivity contribution in [1.29, 1.82) is 0 Å². The van der Waals surface area contributed by atoms with E-state index >= 15 is 0 Å². The highest BCUT2D eigenvalue weighted by Crippen LogP contribution is 2.43. The van der Waals surface area contributed by atoms with Crippen molar-refractivity contribution in [3.8, 4) is 17.2 Å². The predicted octanol–water partition coefficient (Wildman–Crippen LogP) is 3.09. The maximum absolute atomic E-state index is 13.0. The average molecular weight is 412 g/mol. The molecule has 0 atom stereocenters. The lowest BCUT2D eigenvalue weighted by Gasteiger charge is -2.33. The molecule has 1 N–H and O–H groups in total. The number of nitrogens with one attached hydrogen (secondary N) is 1. The standard InChI is InChI=1S/C23H28N2O5/c1-24-22(26)16-6-5-7-17(12-16)23(27)25-10-8-15(9-11-25)21-19(29-3)13-18(28-2)14-20(21)30-4/h5-7,12-15H,8-11H2,1-4H3,(H,24,26). The minimum Gasteiger partial charge on any atom is -0.496 e. The number of nitrogens with zero attached hydrogens (tertiary/aromatic N) is 1. The van der Waals surface area contributed by atoms with Crippen LogP contribution in [0.1, 0.15) is 45.0 Å². The highest BCUT2D eigenvalue weighted by Gasteiger charge is 2.29. The SMILES string of the molecule is CNC(=O)c1cccc(C(=O)N2CCC(c3c(OC)cc(OC)cc3OC)CC2)c1. The van der Waals surface area contributed by atoms with Gasteiger partial charge in [-0.15, -0.1) is 0 Å². The lowest BCUT2D eigenvalue weighted by Crippen LogP contribution is -2.38. The van der Waals surface area contributed by atoms with E-state index in [-0.39, 0.29) is 17.7 Å². The number of piperidine rings is 1. The Balaban J connectivity index is 1.75. The summed E-state index contributed by atoms with van der Waals surface area (Å²) < 4.78 is 16.5. The molecule has 0 bridgehead atoms. The molecular formula is C23H28N2O5. The van der Waals surface area contributed by atoms with Crippen LogP contribution < -0.4 is 19.5 Å². The summed E-state index contributed by atoms with van der Waals surface area (Å²) in [5.74, 6) is 2.08. The number of carbonyl (C=O) groups excluding carboxylic acids is 2. The Morgan fingerprint density at radius 3 is 2.07 bits per heavy atom. The number of hydrogen-bond donors (Lipinski definition) is 1. The fraction of sp³-hybridized carbons (Fsp3) is 0.391. The van der Waals surface area contributed by atoms with Crippen LogP contribution in [0, 0.1) is 0 Å². The summed E-state index contributed by atoms with van der Waals surface area (Å²) in [6, 6.07) is 10.5. The predicted molar refractivity (Wildman–Crippen MR) is 114 cm³/mol. The second kappa shape index (κ2) is 9.52. The molecule has 3 rings (SSSR count). The van der Waals surface area contributed by atoms with Crippen molar-refractivity contribution in [2.45, 2.75) is 18.8 Å². The van der Waals surface area contributed by atoms with Crippen molar-refractivity contribution in [3.05, 3.63) is 53.1 Å². The quantitative estimate of drug-likeness (QED) is 0.789. The van der Waals surface area contributed by atoms with E-state index in [4.69, 9.17) is 14.2 Å². The fourth-order valence-electron chi connectivity index (χ4n) is 3.93. The number of ether oxygens (including phenoxy) is 3. The van der Waals surface area contributed by atoms with Crippen molar-refractivity contribution in [2.24, 2.45) is 0 Å². The van der Waals surface area contributed by atoms with E-state index in [0.29, 0.717) is 30.0 Å². The van der Waals surface area contributed by atoms with Crippen molar-refractivity contribution in [3.63, 3.8) is 0 Å². The topological polar surface area (TPSA) is 77.1 Å². The van der Waals surface area contributed by atoms with Crippen LogP contribution >= 0.6 is 0 Å². The number of amides is 2. The molecule has 0 aromatic heterocycles. The molecule has 2 aromatic carbocycles. The largest absolute Gasteiger partial charge is 0.496 e. The summed E-state index contributed by atoms with van der Waals surface area (Å²) in [4.78, 5) is 26.7. The Hall–Kier alpha value is -3.22. The Kier molecular flexibility index (Phi) is 6.82. The zero-order valence-electron chi connectivity index (χ0n) is 17.9. The summed E-state index contributed by atoms with van der Waals surface area (Å²) in [5.41, 5.74) is 2.01. The Morgan fingerprint density at radius 1 is 0.933 bits per heavy atom. The van der Waals surface area contributed by atoms with Gasteiger partial charge in [-0.2, -0.15) is 0 Å². The van der Waals surface area contributed by atoms with E-state index in [2.05, 4.69) is 5.32 Å². The van der Waals surface area contributed by atoms with E-state index in [1.54, 1.807) is 52.6 Å². The van der Waals surface area contributed by atoms with Gasteiger partial charge in [-0.1, -0.05) is 6.07 Å². The zero-order chi connectivity index (χ0) is 21.7. The van der Waals surface area contributed by atoms with Gasteiger partial charge < -0.3 is 24.4 Å². The number of carbonyl (C=O) groups is 2. The van der Waals surface area contributed by atoms with Crippen molar-refractivity contribution in [1.82, 2.24) is 10.2 Å². The zero-order valence-corrected chi connectivity index (χ0v) is 17.9. The van der Waals surface area contributed by atoms with Gasteiger partial charge in [0.25, 0.3) is 11.8 Å². The van der Waals surface area contributed by atoms with Gasteiger partial charge in [0.15, 0.2) is 0 Å². The third-order valence-electron chi connectivity index (χ3n) is 5.54. The second-order valence-electron chi connectivity index (χ2n) is 7.17. The molecule has 160 valence electrons. The fourth-order valence-corrected chi connectivity index (χ4v) is 3.93. The van der Waals surface area contributed by atoms with Crippen LogP contribution in [-0.2, 0) is 0 Å². The van der Waals surface area contributed by atoms with E-state index in [1.807, 2.05) is 17.0 Å². The minimum absolute atomic E-state index is 0.0622. The summed E-state index contributed by atoms with van der Waals surface area (Å²) in [7, 11) is 6.45. The lowest BCUT2D eigenvalue weighted by atomic mass is 9.87. The molecule has 7 heteroatoms. The van der Waals surface area contributed by atoms with Crippen LogP contribution in [0.4, 0.5) is 0 Å². The molecule has 1 saturated heterocycles. The van der Waals surface area contributed by atoms with Gasteiger partial charge in [-0.25, -0.2) is 0 Å². The van der Waals surface area contributed by atoms with Crippen LogP contribution in [0.2, 0.25) is 0 Å². The number of methoxy groups -OCH3 is 3. The Morgan fingerprint density at radius 2 is 1.53 bits per heavy atom. The molecule has 2 aromatic rings. The van der Waals surface area contributed by atoms with Gasteiger partial charge in [0.1, 0.15) is 17.2 Å². The molecule has 2 amide bonds. The maximum Gasteiger partial charge on any atom is 0.253 e. The second-order valence-corrected chi connectivity index (χ2v) is 7.17. The summed E-state index contributed by atoms with van der Waals surface area (Å²) in [6.45, 7) is 1.23. The molecule has 7 nitrogen and oxygen atoms in total. The van der Waals surface area contributed by atoms with Gasteiger partial charge in [0.2, 0.25) is 0 Å². The first kappa shape index (κ1) is 21.5. The highest BCUT2D eigenvalue weighted by molar-refractivity contribution is 5.99. The molecule has 1 aliphatic heterocycles. The van der Waals surface area contributed by atoms with E-state index in [0.717, 1.165) is 29.9 Å². The Bertz CT molecular complexity index is 895. The van der Waals surface area contributed by atoms with Crippen LogP contribution in [0.25, 0.3) is 0 Å². The molecule has 0 spiro atoms. The molecule has 1 aliphatic rings. The average Bonchev–Trinajstić information content (AvgIpc) is 2.82. The third kappa shape index (κ3) is 4.35. The summed E-state index contributed by atoms with van der Waals surface area (Å²) in [6.07, 6.45) is 1.58. The van der Waals surface area contributed by atoms with Crippen LogP contribution in [0.15, 0.2) is 36.4 Å². The first-order valence-corrected chi connectivity index (χ1v) is 9.93. The molecular weight excluding hydrogens is 384 g/mol. The van der Waals surface area contributed by atoms with E-state index < -0.39 is 0 Å². The van der Waals surface area contributed by atoms with Crippen LogP contribution in [-0.4, -0.2) is 58.2 Å². The van der Waals surface area contributed by atoms with Crippen molar-refractivity contribution in [2.75, 3.05) is 41.5 Å². The van der Waals surface area contributed by atoms with E-state index in [1.165, 1.54) is 0 Å². The smallest absolute Gasteiger partial charge is 0.253 e. The monoisotopic (exact) mass is 412 g/mol. The number of likely N-dealkylation sites (tertiary alicyclic amines) is 1. The molecule has 30 heavy (non-hydrogen) atoms. The number of benzene rings is 2. The molecule has 0 aliphatic carbocycles. The maximum atomic E-state index is 13.0. The molecule has 0 saturated carbocycles. The van der Waals surface area contributed by atoms with Gasteiger partial charge >= 0.3 is 0 Å². The normalized spacial score (nSPS) is 14.2. The van der Waals surface area contributed by atoms with Gasteiger partial charge in [-0.3, -0.25) is 9.59 Å². The molecule has 0 unspecified atom stereocenters. The highest BCUT2D eigenvalue weighted by atomic mass is 16.5.